The van der Waals surface area contributed by atoms with Crippen molar-refractivity contribution in [1.82, 2.24) is 5.32 Å². The van der Waals surface area contributed by atoms with Crippen LogP contribution in [-0.4, -0.2) is 25.8 Å². The van der Waals surface area contributed by atoms with E-state index in [1.807, 2.05) is 12.1 Å². The van der Waals surface area contributed by atoms with E-state index >= 15 is 0 Å². The molecule has 0 spiro atoms. The fraction of sp³-hybridized carbons (Fsp3) is 0.529. The second-order valence-electron chi connectivity index (χ2n) is 5.16. The first-order valence-electron chi connectivity index (χ1n) is 7.55. The lowest BCUT2D eigenvalue weighted by molar-refractivity contribution is 0.158. The number of ether oxygens (including phenoxy) is 2. The van der Waals surface area contributed by atoms with Crippen LogP contribution in [0.25, 0.3) is 0 Å². The predicted octanol–water partition coefficient (Wildman–Crippen LogP) is 3.44. The Hall–Kier alpha value is -1.48. The molecule has 0 fully saturated rings. The van der Waals surface area contributed by atoms with Crippen LogP contribution in [0.2, 0.25) is 0 Å². The van der Waals surface area contributed by atoms with Gasteiger partial charge in [-0.05, 0) is 50.1 Å². The number of nitrogens with one attached hydrogen (secondary N) is 1. The van der Waals surface area contributed by atoms with Gasteiger partial charge in [-0.2, -0.15) is 0 Å². The second-order valence-corrected chi connectivity index (χ2v) is 5.16. The molecule has 0 saturated heterocycles. The Morgan fingerprint density at radius 3 is 3.00 bits per heavy atom. The third-order valence-corrected chi connectivity index (χ3v) is 3.42. The highest BCUT2D eigenvalue weighted by Crippen LogP contribution is 2.17. The zero-order chi connectivity index (χ0) is 14.2. The van der Waals surface area contributed by atoms with E-state index in [0.717, 1.165) is 43.9 Å². The molecule has 0 radical (unpaired) electrons. The Labute approximate surface area is 122 Å². The van der Waals surface area contributed by atoms with Crippen molar-refractivity contribution in [3.05, 3.63) is 41.7 Å². The monoisotopic (exact) mass is 275 g/mol. The molecular formula is C17H25NO2. The Morgan fingerprint density at radius 2 is 2.30 bits per heavy atom. The molecule has 3 nitrogen and oxygen atoms in total. The van der Waals surface area contributed by atoms with Crippen LogP contribution in [0.5, 0.6) is 5.75 Å². The zero-order valence-electron chi connectivity index (χ0n) is 12.5. The van der Waals surface area contributed by atoms with Crippen LogP contribution in [0.3, 0.4) is 0 Å². The molecule has 0 amide bonds. The molecule has 1 unspecified atom stereocenters. The molecular weight excluding hydrogens is 250 g/mol. The number of hydrogen-bond donors (Lipinski definition) is 1. The molecule has 1 atom stereocenters. The molecule has 1 heterocycles. The van der Waals surface area contributed by atoms with Crippen molar-refractivity contribution in [2.45, 2.75) is 39.2 Å². The van der Waals surface area contributed by atoms with Gasteiger partial charge in [-0.3, -0.25) is 0 Å². The highest BCUT2D eigenvalue weighted by Gasteiger charge is 2.16. The largest absolute Gasteiger partial charge is 0.497 e. The van der Waals surface area contributed by atoms with Crippen molar-refractivity contribution in [2.24, 2.45) is 0 Å². The van der Waals surface area contributed by atoms with Crippen molar-refractivity contribution in [1.29, 1.82) is 0 Å². The van der Waals surface area contributed by atoms with Crippen LogP contribution in [0.4, 0.5) is 0 Å². The fourth-order valence-corrected chi connectivity index (χ4v) is 2.41. The average Bonchev–Trinajstić information content (AvgIpc) is 2.47. The maximum absolute atomic E-state index is 5.83. The van der Waals surface area contributed by atoms with Gasteiger partial charge in [0.05, 0.1) is 19.3 Å². The van der Waals surface area contributed by atoms with Crippen molar-refractivity contribution in [2.75, 3.05) is 19.8 Å². The van der Waals surface area contributed by atoms with E-state index in [0.29, 0.717) is 6.61 Å². The molecule has 0 aromatic heterocycles. The summed E-state index contributed by atoms with van der Waals surface area (Å²) in [5, 5.41) is 3.48. The maximum atomic E-state index is 5.83. The van der Waals surface area contributed by atoms with E-state index in [4.69, 9.17) is 9.47 Å². The number of allylic oxidation sites excluding steroid dienone is 1. The quantitative estimate of drug-likeness (QED) is 0.827. The minimum absolute atomic E-state index is 0.269. The van der Waals surface area contributed by atoms with Crippen LogP contribution in [0, 0.1) is 6.92 Å². The maximum Gasteiger partial charge on any atom is 0.119 e. The molecule has 3 heteroatoms. The van der Waals surface area contributed by atoms with Crippen LogP contribution in [0.1, 0.15) is 31.7 Å². The summed E-state index contributed by atoms with van der Waals surface area (Å²) >= 11 is 0. The van der Waals surface area contributed by atoms with Crippen molar-refractivity contribution in [3.63, 3.8) is 0 Å². The van der Waals surface area contributed by atoms with Gasteiger partial charge in [-0.1, -0.05) is 19.1 Å². The summed E-state index contributed by atoms with van der Waals surface area (Å²) in [6, 6.07) is 8.45. The Balaban J connectivity index is 1.84. The van der Waals surface area contributed by atoms with Crippen molar-refractivity contribution < 1.29 is 9.47 Å². The number of likely N-dealkylation sites (N-methyl/N-ethyl adjacent to an activating group) is 1. The molecule has 1 N–H and O–H groups in total. The first-order chi connectivity index (χ1) is 9.79. The SMILES string of the molecule is CCNC(CCOc1cccc(C)c1)C1=CCCCO1. The number of rotatable bonds is 7. The smallest absolute Gasteiger partial charge is 0.119 e. The third kappa shape index (κ3) is 4.57. The summed E-state index contributed by atoms with van der Waals surface area (Å²) in [4.78, 5) is 0. The van der Waals surface area contributed by atoms with Gasteiger partial charge in [0.2, 0.25) is 0 Å². The highest BCUT2D eigenvalue weighted by atomic mass is 16.5. The van der Waals surface area contributed by atoms with Gasteiger partial charge in [0.25, 0.3) is 0 Å². The first kappa shape index (κ1) is 14.9. The van der Waals surface area contributed by atoms with Crippen LogP contribution >= 0.6 is 0 Å². The Kier molecular flexibility index (Phi) is 5.93. The van der Waals surface area contributed by atoms with E-state index in [1.54, 1.807) is 0 Å². The summed E-state index contributed by atoms with van der Waals surface area (Å²) in [5.41, 5.74) is 1.23. The molecule has 1 aromatic carbocycles. The molecule has 110 valence electrons. The van der Waals surface area contributed by atoms with E-state index in [9.17, 15) is 0 Å². The summed E-state index contributed by atoms with van der Waals surface area (Å²) in [7, 11) is 0. The van der Waals surface area contributed by atoms with Gasteiger partial charge in [0.1, 0.15) is 11.5 Å². The normalized spacial score (nSPS) is 16.2. The van der Waals surface area contributed by atoms with E-state index in [-0.39, 0.29) is 6.04 Å². The summed E-state index contributed by atoms with van der Waals surface area (Å²) < 4.78 is 11.6. The van der Waals surface area contributed by atoms with Crippen LogP contribution < -0.4 is 10.1 Å². The second kappa shape index (κ2) is 7.95. The first-order valence-corrected chi connectivity index (χ1v) is 7.55. The average molecular weight is 275 g/mol. The predicted molar refractivity (Wildman–Crippen MR) is 82.0 cm³/mol. The zero-order valence-corrected chi connectivity index (χ0v) is 12.5. The molecule has 0 bridgehead atoms. The summed E-state index contributed by atoms with van der Waals surface area (Å²) in [6.45, 7) is 6.68. The van der Waals surface area contributed by atoms with Gasteiger partial charge in [-0.15, -0.1) is 0 Å². The number of benzene rings is 1. The van der Waals surface area contributed by atoms with Crippen molar-refractivity contribution in [3.8, 4) is 5.75 Å². The van der Waals surface area contributed by atoms with E-state index < -0.39 is 0 Å². The van der Waals surface area contributed by atoms with Gasteiger partial charge in [0, 0.05) is 6.42 Å². The van der Waals surface area contributed by atoms with Crippen molar-refractivity contribution >= 4 is 0 Å². The lowest BCUT2D eigenvalue weighted by atomic mass is 10.1. The molecule has 0 aliphatic carbocycles. The minimum Gasteiger partial charge on any atom is -0.497 e. The molecule has 2 rings (SSSR count). The number of hydrogen-bond acceptors (Lipinski definition) is 3. The lowest BCUT2D eigenvalue weighted by Gasteiger charge is -2.24. The topological polar surface area (TPSA) is 30.5 Å². The Morgan fingerprint density at radius 1 is 1.40 bits per heavy atom. The van der Waals surface area contributed by atoms with Gasteiger partial charge in [-0.25, -0.2) is 0 Å². The van der Waals surface area contributed by atoms with Crippen LogP contribution in [-0.2, 0) is 4.74 Å². The fourth-order valence-electron chi connectivity index (χ4n) is 2.41. The molecule has 1 aromatic rings. The summed E-state index contributed by atoms with van der Waals surface area (Å²) in [6.07, 6.45) is 5.38. The highest BCUT2D eigenvalue weighted by molar-refractivity contribution is 5.27. The molecule has 20 heavy (non-hydrogen) atoms. The third-order valence-electron chi connectivity index (χ3n) is 3.42. The number of aryl methyl sites for hydroxylation is 1. The van der Waals surface area contributed by atoms with E-state index in [2.05, 4.69) is 37.4 Å². The van der Waals surface area contributed by atoms with Gasteiger partial charge < -0.3 is 14.8 Å². The summed E-state index contributed by atoms with van der Waals surface area (Å²) in [5.74, 6) is 2.03. The lowest BCUT2D eigenvalue weighted by Crippen LogP contribution is -2.34. The Bertz CT molecular complexity index is 442. The van der Waals surface area contributed by atoms with Gasteiger partial charge >= 0.3 is 0 Å². The van der Waals surface area contributed by atoms with Crippen LogP contribution in [0.15, 0.2) is 36.1 Å². The molecule has 1 aliphatic heterocycles. The van der Waals surface area contributed by atoms with E-state index in [1.165, 1.54) is 5.56 Å². The van der Waals surface area contributed by atoms with Gasteiger partial charge in [0.15, 0.2) is 0 Å². The standard InChI is InChI=1S/C17H25NO2/c1-3-18-16(17-9-4-5-11-20-17)10-12-19-15-8-6-7-14(2)13-15/h6-9,13,16,18H,3-5,10-12H2,1-2H3. The molecule has 0 saturated carbocycles. The molecule has 1 aliphatic rings. The minimum atomic E-state index is 0.269.